The second-order valence-corrected chi connectivity index (χ2v) is 8.59. The van der Waals surface area contributed by atoms with Crippen LogP contribution in [0.3, 0.4) is 0 Å². The third-order valence-electron chi connectivity index (χ3n) is 3.44. The molecular formula is C17H17BrClNO5S. The molecule has 0 spiro atoms. The molecular weight excluding hydrogens is 446 g/mol. The molecule has 0 aliphatic heterocycles. The lowest BCUT2D eigenvalue weighted by Crippen LogP contribution is -2.48. The van der Waals surface area contributed by atoms with Gasteiger partial charge in [-0.2, -0.15) is 4.72 Å². The van der Waals surface area contributed by atoms with Crippen LogP contribution in [0.25, 0.3) is 0 Å². The molecule has 0 fully saturated rings. The summed E-state index contributed by atoms with van der Waals surface area (Å²) in [5.74, 6) is -0.875. The summed E-state index contributed by atoms with van der Waals surface area (Å²) in [4.78, 5) is 12.2. The molecule has 2 rings (SSSR count). The maximum Gasteiger partial charge on any atom is 0.327 e. The Bertz CT molecular complexity index is 854. The Morgan fingerprint density at radius 3 is 2.31 bits per heavy atom. The Kier molecular flexibility index (Phi) is 7.19. The Hall–Kier alpha value is -1.45. The van der Waals surface area contributed by atoms with Gasteiger partial charge in [0.2, 0.25) is 10.0 Å². The number of esters is 1. The van der Waals surface area contributed by atoms with Crippen LogP contribution in [0.1, 0.15) is 12.5 Å². The molecule has 0 saturated heterocycles. The van der Waals surface area contributed by atoms with E-state index >= 15 is 0 Å². The second kappa shape index (κ2) is 8.96. The first-order chi connectivity index (χ1) is 12.2. The lowest BCUT2D eigenvalue weighted by atomic mass is 10.2. The largest absolute Gasteiger partial charge is 0.460 e. The summed E-state index contributed by atoms with van der Waals surface area (Å²) in [6.07, 6.45) is -1.28. The molecule has 2 aromatic carbocycles. The number of benzene rings is 2. The Labute approximate surface area is 165 Å². The number of halogens is 2. The van der Waals surface area contributed by atoms with E-state index in [0.717, 1.165) is 10.0 Å². The molecule has 2 atom stereocenters. The summed E-state index contributed by atoms with van der Waals surface area (Å²) in [5.41, 5.74) is 0.728. The van der Waals surface area contributed by atoms with Crippen molar-refractivity contribution in [1.82, 2.24) is 4.72 Å². The minimum atomic E-state index is -4.03. The van der Waals surface area contributed by atoms with E-state index in [4.69, 9.17) is 16.3 Å². The normalized spacial score (nSPS) is 13.8. The summed E-state index contributed by atoms with van der Waals surface area (Å²) >= 11 is 9.05. The highest BCUT2D eigenvalue weighted by atomic mass is 79.9. The van der Waals surface area contributed by atoms with Crippen LogP contribution >= 0.6 is 27.5 Å². The van der Waals surface area contributed by atoms with E-state index in [2.05, 4.69) is 20.7 Å². The third-order valence-corrected chi connectivity index (χ3v) is 5.67. The molecule has 26 heavy (non-hydrogen) atoms. The van der Waals surface area contributed by atoms with Crippen LogP contribution in [0.2, 0.25) is 5.02 Å². The van der Waals surface area contributed by atoms with Gasteiger partial charge in [-0.1, -0.05) is 39.7 Å². The molecule has 140 valence electrons. The Morgan fingerprint density at radius 1 is 1.19 bits per heavy atom. The summed E-state index contributed by atoms with van der Waals surface area (Å²) in [6.45, 7) is 1.26. The summed E-state index contributed by atoms with van der Waals surface area (Å²) in [6, 6.07) is 11.1. The first-order valence-corrected chi connectivity index (χ1v) is 10.2. The maximum absolute atomic E-state index is 12.4. The first-order valence-electron chi connectivity index (χ1n) is 7.56. The van der Waals surface area contributed by atoms with E-state index in [9.17, 15) is 18.3 Å². The predicted octanol–water partition coefficient (Wildman–Crippen LogP) is 2.87. The highest BCUT2D eigenvalue weighted by Crippen LogP contribution is 2.16. The van der Waals surface area contributed by atoms with Gasteiger partial charge in [0, 0.05) is 9.50 Å². The molecule has 0 unspecified atom stereocenters. The summed E-state index contributed by atoms with van der Waals surface area (Å²) in [7, 11) is -4.03. The number of hydrogen-bond acceptors (Lipinski definition) is 5. The van der Waals surface area contributed by atoms with Crippen LogP contribution in [0, 0.1) is 0 Å². The molecule has 0 aromatic heterocycles. The smallest absolute Gasteiger partial charge is 0.327 e. The third kappa shape index (κ3) is 5.78. The maximum atomic E-state index is 12.4. The minimum absolute atomic E-state index is 0.0436. The number of aliphatic hydroxyl groups excluding tert-OH is 1. The Balaban J connectivity index is 2.08. The van der Waals surface area contributed by atoms with E-state index in [0.29, 0.717) is 5.02 Å². The van der Waals surface area contributed by atoms with Crippen molar-refractivity contribution in [3.8, 4) is 0 Å². The van der Waals surface area contributed by atoms with Crippen LogP contribution in [0.4, 0.5) is 0 Å². The van der Waals surface area contributed by atoms with Crippen LogP contribution in [0.5, 0.6) is 0 Å². The summed E-state index contributed by atoms with van der Waals surface area (Å²) < 4.78 is 33.0. The average molecular weight is 463 g/mol. The highest BCUT2D eigenvalue weighted by Gasteiger charge is 2.31. The number of carbonyl (C=O) groups excluding carboxylic acids is 1. The topological polar surface area (TPSA) is 92.7 Å². The number of hydrogen-bond donors (Lipinski definition) is 2. The van der Waals surface area contributed by atoms with Gasteiger partial charge in [-0.3, -0.25) is 4.79 Å². The molecule has 0 aliphatic carbocycles. The molecule has 2 aromatic rings. The molecule has 0 radical (unpaired) electrons. The SMILES string of the molecule is C[C@H](O)[C@H](NS(=O)(=O)c1ccc(Cl)cc1)C(=O)OCc1ccc(Br)cc1. The van der Waals surface area contributed by atoms with Crippen LogP contribution < -0.4 is 4.72 Å². The minimum Gasteiger partial charge on any atom is -0.460 e. The number of sulfonamides is 1. The number of aliphatic hydroxyl groups is 1. The van der Waals surface area contributed by atoms with E-state index in [1.165, 1.54) is 31.2 Å². The van der Waals surface area contributed by atoms with Crippen molar-refractivity contribution >= 4 is 43.5 Å². The number of nitrogens with one attached hydrogen (secondary N) is 1. The van der Waals surface area contributed by atoms with Gasteiger partial charge in [-0.05, 0) is 48.9 Å². The fourth-order valence-electron chi connectivity index (χ4n) is 2.02. The number of ether oxygens (including phenoxy) is 1. The quantitative estimate of drug-likeness (QED) is 0.617. The van der Waals surface area contributed by atoms with Crippen LogP contribution in [0.15, 0.2) is 57.9 Å². The van der Waals surface area contributed by atoms with E-state index in [1.54, 1.807) is 24.3 Å². The van der Waals surface area contributed by atoms with Crippen molar-refractivity contribution in [1.29, 1.82) is 0 Å². The van der Waals surface area contributed by atoms with Gasteiger partial charge in [0.1, 0.15) is 12.6 Å². The summed E-state index contributed by atoms with van der Waals surface area (Å²) in [5, 5.41) is 10.2. The van der Waals surface area contributed by atoms with Gasteiger partial charge >= 0.3 is 5.97 Å². The van der Waals surface area contributed by atoms with E-state index < -0.39 is 28.1 Å². The van der Waals surface area contributed by atoms with Gasteiger partial charge < -0.3 is 9.84 Å². The second-order valence-electron chi connectivity index (χ2n) is 5.53. The molecule has 0 bridgehead atoms. The lowest BCUT2D eigenvalue weighted by Gasteiger charge is -2.20. The number of rotatable bonds is 7. The molecule has 0 saturated carbocycles. The van der Waals surface area contributed by atoms with Crippen molar-refractivity contribution < 1.29 is 23.1 Å². The molecule has 0 aliphatic rings. The monoisotopic (exact) mass is 461 g/mol. The average Bonchev–Trinajstić information content (AvgIpc) is 2.59. The standard InChI is InChI=1S/C17H17BrClNO5S/c1-11(21)16(17(22)25-10-12-2-4-13(18)5-3-12)20-26(23,24)15-8-6-14(19)7-9-15/h2-9,11,16,20-21H,10H2,1H3/t11-,16-/m0/s1. The van der Waals surface area contributed by atoms with Crippen LogP contribution in [-0.4, -0.2) is 31.6 Å². The van der Waals surface area contributed by atoms with Gasteiger partial charge in [-0.25, -0.2) is 8.42 Å². The zero-order chi connectivity index (χ0) is 19.3. The van der Waals surface area contributed by atoms with Gasteiger partial charge in [-0.15, -0.1) is 0 Å². The predicted molar refractivity (Wildman–Crippen MR) is 101 cm³/mol. The fraction of sp³-hybridized carbons (Fsp3) is 0.235. The van der Waals surface area contributed by atoms with Crippen molar-refractivity contribution in [3.05, 3.63) is 63.6 Å². The molecule has 9 heteroatoms. The van der Waals surface area contributed by atoms with Gasteiger partial charge in [0.05, 0.1) is 11.0 Å². The zero-order valence-electron chi connectivity index (χ0n) is 13.7. The van der Waals surface area contributed by atoms with Crippen molar-refractivity contribution in [2.45, 2.75) is 30.6 Å². The van der Waals surface area contributed by atoms with Gasteiger partial charge in [0.15, 0.2) is 0 Å². The van der Waals surface area contributed by atoms with Crippen molar-refractivity contribution in [3.63, 3.8) is 0 Å². The van der Waals surface area contributed by atoms with E-state index in [-0.39, 0.29) is 11.5 Å². The highest BCUT2D eigenvalue weighted by molar-refractivity contribution is 9.10. The lowest BCUT2D eigenvalue weighted by molar-refractivity contribution is -0.149. The molecule has 6 nitrogen and oxygen atoms in total. The van der Waals surface area contributed by atoms with Crippen molar-refractivity contribution in [2.75, 3.05) is 0 Å². The van der Waals surface area contributed by atoms with Crippen molar-refractivity contribution in [2.24, 2.45) is 0 Å². The Morgan fingerprint density at radius 2 is 1.77 bits per heavy atom. The molecule has 0 amide bonds. The molecule has 2 N–H and O–H groups in total. The number of carbonyl (C=O) groups is 1. The van der Waals surface area contributed by atoms with Crippen LogP contribution in [-0.2, 0) is 26.2 Å². The van der Waals surface area contributed by atoms with Gasteiger partial charge in [0.25, 0.3) is 0 Å². The fourth-order valence-corrected chi connectivity index (χ4v) is 3.67. The van der Waals surface area contributed by atoms with E-state index in [1.807, 2.05) is 0 Å². The first kappa shape index (κ1) is 20.9. The molecule has 0 heterocycles. The zero-order valence-corrected chi connectivity index (χ0v) is 16.9.